The number of carbonyl (C=O) groups excluding carboxylic acids is 2. The van der Waals surface area contributed by atoms with Crippen LogP contribution in [0.15, 0.2) is 78.9 Å². The van der Waals surface area contributed by atoms with Crippen LogP contribution in [0.1, 0.15) is 48.8 Å². The van der Waals surface area contributed by atoms with Gasteiger partial charge in [0, 0.05) is 18.9 Å². The number of benzene rings is 3. The van der Waals surface area contributed by atoms with Crippen LogP contribution in [0.3, 0.4) is 0 Å². The van der Waals surface area contributed by atoms with Gasteiger partial charge in [-0.3, -0.25) is 4.79 Å². The van der Waals surface area contributed by atoms with Gasteiger partial charge in [0.25, 0.3) is 0 Å². The molecule has 3 aromatic rings. The Balaban J connectivity index is 1.11. The summed E-state index contributed by atoms with van der Waals surface area (Å²) in [5.41, 5.74) is 5.53. The van der Waals surface area contributed by atoms with Crippen molar-refractivity contribution in [3.8, 4) is 11.1 Å². The number of nitrogens with one attached hydrogen (secondary N) is 2. The van der Waals surface area contributed by atoms with Crippen LogP contribution >= 0.6 is 0 Å². The Morgan fingerprint density at radius 1 is 0.902 bits per heavy atom. The molecule has 0 aliphatic heterocycles. The molecule has 0 aromatic heterocycles. The average Bonchev–Trinajstić information content (AvgIpc) is 3.78. The van der Waals surface area contributed by atoms with Crippen molar-refractivity contribution in [2.75, 3.05) is 13.2 Å². The van der Waals surface area contributed by atoms with E-state index in [9.17, 15) is 19.5 Å². The number of rotatable bonds is 13. The van der Waals surface area contributed by atoms with Gasteiger partial charge in [0.1, 0.15) is 6.61 Å². The summed E-state index contributed by atoms with van der Waals surface area (Å²) in [6, 6.07) is 24.6. The van der Waals surface area contributed by atoms with Crippen LogP contribution in [-0.2, 0) is 25.7 Å². The minimum Gasteiger partial charge on any atom is -0.480 e. The van der Waals surface area contributed by atoms with E-state index in [0.717, 1.165) is 40.7 Å². The van der Waals surface area contributed by atoms with Crippen LogP contribution in [0.5, 0.6) is 0 Å². The summed E-state index contributed by atoms with van der Waals surface area (Å²) in [4.78, 5) is 37.5. The number of alkyl carbamates (subject to hydrolysis) is 1. The zero-order chi connectivity index (χ0) is 28.8. The number of carboxylic acids is 1. The van der Waals surface area contributed by atoms with Crippen molar-refractivity contribution in [2.24, 2.45) is 11.8 Å². The Hall–Kier alpha value is -4.17. The lowest BCUT2D eigenvalue weighted by molar-refractivity contribution is -0.146. The van der Waals surface area contributed by atoms with E-state index in [1.807, 2.05) is 54.6 Å². The van der Waals surface area contributed by atoms with Crippen LogP contribution in [0.25, 0.3) is 11.1 Å². The van der Waals surface area contributed by atoms with Gasteiger partial charge in [0.05, 0.1) is 12.7 Å². The summed E-state index contributed by atoms with van der Waals surface area (Å²) in [5.74, 6) is -1.36. The summed E-state index contributed by atoms with van der Waals surface area (Å²) < 4.78 is 11.4. The fourth-order valence-corrected chi connectivity index (χ4v) is 5.59. The fourth-order valence-electron chi connectivity index (χ4n) is 5.59. The Morgan fingerprint density at radius 3 is 2.12 bits per heavy atom. The molecule has 1 unspecified atom stereocenters. The number of ether oxygens (including phenoxy) is 2. The number of aliphatic carboxylic acids is 1. The number of fused-ring (bicyclic) bond motifs is 3. The van der Waals surface area contributed by atoms with Crippen molar-refractivity contribution in [1.82, 2.24) is 10.6 Å². The number of hydrogen-bond donors (Lipinski definition) is 3. The Kier molecular flexibility index (Phi) is 8.99. The molecule has 0 radical (unpaired) electrons. The van der Waals surface area contributed by atoms with E-state index in [-0.39, 0.29) is 43.9 Å². The van der Waals surface area contributed by atoms with Crippen molar-refractivity contribution < 1.29 is 29.0 Å². The van der Waals surface area contributed by atoms with Gasteiger partial charge in [-0.2, -0.15) is 0 Å². The molecular weight excluding hydrogens is 520 g/mol. The second-order valence-corrected chi connectivity index (χ2v) is 10.9. The summed E-state index contributed by atoms with van der Waals surface area (Å²) in [7, 11) is 0. The van der Waals surface area contributed by atoms with Gasteiger partial charge in [-0.25, -0.2) is 9.59 Å². The minimum absolute atomic E-state index is 0.0304. The van der Waals surface area contributed by atoms with Gasteiger partial charge in [-0.05, 0) is 59.4 Å². The second kappa shape index (κ2) is 13.0. The van der Waals surface area contributed by atoms with E-state index in [4.69, 9.17) is 9.47 Å². The molecule has 3 N–H and O–H groups in total. The predicted octanol–water partition coefficient (Wildman–Crippen LogP) is 5.12. The standard InChI is InChI=1S/C33H36N2O6/c1-21(40-19-22-9-3-2-4-10-22)31(32(37)38)35-30(36)17-24(23-15-16-23)18-34-33(39)41-20-29-27-13-7-5-11-25(27)26-12-6-8-14-28(26)29/h2-14,21,23-24,29,31H,15-20H2,1H3,(H,34,39)(H,35,36)(H,37,38)/t21-,24?,31+/m0/s1. The molecule has 3 atom stereocenters. The minimum atomic E-state index is -1.18. The van der Waals surface area contributed by atoms with Crippen LogP contribution in [0.4, 0.5) is 4.79 Å². The zero-order valence-electron chi connectivity index (χ0n) is 23.1. The van der Waals surface area contributed by atoms with E-state index < -0.39 is 24.2 Å². The molecule has 0 saturated heterocycles. The largest absolute Gasteiger partial charge is 0.480 e. The quantitative estimate of drug-likeness (QED) is 0.269. The normalized spacial score (nSPS) is 16.1. The third-order valence-corrected chi connectivity index (χ3v) is 8.00. The molecule has 5 rings (SSSR count). The number of carbonyl (C=O) groups is 3. The van der Waals surface area contributed by atoms with Crippen LogP contribution < -0.4 is 10.6 Å². The van der Waals surface area contributed by atoms with Gasteiger partial charge < -0.3 is 25.2 Å². The van der Waals surface area contributed by atoms with E-state index >= 15 is 0 Å². The topological polar surface area (TPSA) is 114 Å². The van der Waals surface area contributed by atoms with Crippen LogP contribution in [-0.4, -0.2) is 48.4 Å². The van der Waals surface area contributed by atoms with Gasteiger partial charge in [0.15, 0.2) is 6.04 Å². The molecule has 2 amide bonds. The maximum absolute atomic E-state index is 12.9. The molecule has 1 saturated carbocycles. The molecule has 214 valence electrons. The van der Waals surface area contributed by atoms with E-state index in [0.29, 0.717) is 5.92 Å². The summed E-state index contributed by atoms with van der Waals surface area (Å²) in [5, 5.41) is 15.2. The molecule has 0 spiro atoms. The van der Waals surface area contributed by atoms with Gasteiger partial charge in [-0.15, -0.1) is 0 Å². The molecule has 2 aliphatic rings. The smallest absolute Gasteiger partial charge is 0.407 e. The first-order valence-electron chi connectivity index (χ1n) is 14.2. The fraction of sp³-hybridized carbons (Fsp3) is 0.364. The molecule has 0 heterocycles. The highest BCUT2D eigenvalue weighted by molar-refractivity contribution is 5.84. The lowest BCUT2D eigenvalue weighted by atomic mass is 9.98. The lowest BCUT2D eigenvalue weighted by Crippen LogP contribution is -2.49. The van der Waals surface area contributed by atoms with Crippen LogP contribution in [0, 0.1) is 11.8 Å². The number of amides is 2. The Labute approximate surface area is 240 Å². The molecule has 0 bridgehead atoms. The molecule has 2 aliphatic carbocycles. The molecule has 3 aromatic carbocycles. The summed E-state index contributed by atoms with van der Waals surface area (Å²) in [6.07, 6.45) is 0.815. The van der Waals surface area contributed by atoms with Gasteiger partial charge in [-0.1, -0.05) is 78.9 Å². The highest BCUT2D eigenvalue weighted by Crippen LogP contribution is 2.44. The van der Waals surface area contributed by atoms with E-state index in [1.54, 1.807) is 6.92 Å². The molecule has 41 heavy (non-hydrogen) atoms. The lowest BCUT2D eigenvalue weighted by Gasteiger charge is -2.23. The van der Waals surface area contributed by atoms with E-state index in [1.165, 1.54) is 0 Å². The predicted molar refractivity (Wildman–Crippen MR) is 154 cm³/mol. The third-order valence-electron chi connectivity index (χ3n) is 8.00. The average molecular weight is 557 g/mol. The zero-order valence-corrected chi connectivity index (χ0v) is 23.1. The first kappa shape index (κ1) is 28.4. The van der Waals surface area contributed by atoms with Gasteiger partial charge in [0.2, 0.25) is 5.91 Å². The third kappa shape index (κ3) is 7.13. The first-order valence-corrected chi connectivity index (χ1v) is 14.2. The van der Waals surface area contributed by atoms with Crippen LogP contribution in [0.2, 0.25) is 0 Å². The Morgan fingerprint density at radius 2 is 1.51 bits per heavy atom. The summed E-state index contributed by atoms with van der Waals surface area (Å²) >= 11 is 0. The van der Waals surface area contributed by atoms with Crippen molar-refractivity contribution in [1.29, 1.82) is 0 Å². The molecule has 1 fully saturated rings. The van der Waals surface area contributed by atoms with E-state index in [2.05, 4.69) is 34.9 Å². The highest BCUT2D eigenvalue weighted by Gasteiger charge is 2.35. The number of hydrogen-bond acceptors (Lipinski definition) is 5. The van der Waals surface area contributed by atoms with Crippen molar-refractivity contribution in [2.45, 2.75) is 50.9 Å². The monoisotopic (exact) mass is 556 g/mol. The van der Waals surface area contributed by atoms with Crippen molar-refractivity contribution >= 4 is 18.0 Å². The molecular formula is C33H36N2O6. The SMILES string of the molecule is C[C@H](OCc1ccccc1)[C@@H](NC(=O)CC(CNC(=O)OCC1c2ccccc2-c2ccccc21)C1CC1)C(=O)O. The van der Waals surface area contributed by atoms with Gasteiger partial charge >= 0.3 is 12.1 Å². The van der Waals surface area contributed by atoms with Crippen molar-refractivity contribution in [3.05, 3.63) is 95.6 Å². The number of carboxylic acid groups (broad SMARTS) is 1. The Bertz CT molecular complexity index is 1330. The highest BCUT2D eigenvalue weighted by atomic mass is 16.5. The molecule has 8 heteroatoms. The maximum atomic E-state index is 12.9. The maximum Gasteiger partial charge on any atom is 0.407 e. The van der Waals surface area contributed by atoms with Crippen molar-refractivity contribution in [3.63, 3.8) is 0 Å². The summed E-state index contributed by atoms with van der Waals surface area (Å²) in [6.45, 7) is 2.39. The first-order chi connectivity index (χ1) is 19.9. The second-order valence-electron chi connectivity index (χ2n) is 10.9. The molecule has 8 nitrogen and oxygen atoms in total.